The van der Waals surface area contributed by atoms with E-state index in [-0.39, 0.29) is 18.2 Å². The van der Waals surface area contributed by atoms with Crippen molar-refractivity contribution in [3.63, 3.8) is 0 Å². The zero-order valence-electron chi connectivity index (χ0n) is 21.7. The van der Waals surface area contributed by atoms with E-state index >= 15 is 0 Å². The number of nitrogens with one attached hydrogen (secondary N) is 1. The van der Waals surface area contributed by atoms with Crippen LogP contribution in [-0.2, 0) is 4.79 Å². The fourth-order valence-electron chi connectivity index (χ4n) is 4.05. The second-order valence-corrected chi connectivity index (χ2v) is 9.15. The monoisotopic (exact) mass is 496 g/mol. The maximum absolute atomic E-state index is 12.8. The summed E-state index contributed by atoms with van der Waals surface area (Å²) in [6.45, 7) is 6.54. The highest BCUT2D eigenvalue weighted by Gasteiger charge is 2.11. The maximum atomic E-state index is 12.8. The Morgan fingerprint density at radius 1 is 0.784 bits per heavy atom. The number of fused-ring (bicyclic) bond motifs is 1. The van der Waals surface area contributed by atoms with Gasteiger partial charge < -0.3 is 19.7 Å². The Hall–Kier alpha value is -4.32. The number of amides is 1. The molecule has 6 heteroatoms. The molecular weight excluding hydrogens is 464 g/mol. The van der Waals surface area contributed by atoms with Gasteiger partial charge in [-0.1, -0.05) is 42.5 Å². The van der Waals surface area contributed by atoms with Crippen LogP contribution in [0.5, 0.6) is 11.5 Å². The molecule has 0 unspecified atom stereocenters. The summed E-state index contributed by atoms with van der Waals surface area (Å²) in [4.78, 5) is 26.3. The van der Waals surface area contributed by atoms with Gasteiger partial charge in [0.15, 0.2) is 5.78 Å². The Balaban J connectivity index is 1.33. The predicted molar refractivity (Wildman–Crippen MR) is 149 cm³/mol. The number of rotatable bonds is 10. The van der Waals surface area contributed by atoms with Gasteiger partial charge in [-0.3, -0.25) is 9.59 Å². The molecule has 0 aromatic heterocycles. The van der Waals surface area contributed by atoms with Gasteiger partial charge in [-0.15, -0.1) is 0 Å². The minimum absolute atomic E-state index is 0.0417. The number of ketones is 1. The standard InChI is InChI=1S/C31H32N2O4/c1-21-7-5-6-8-29(21)36-15-16-37-30-19-27(13-9-22(30)2)32-31(35)20-33(4)28-14-12-25-17-24(23(3)34)10-11-26(25)18-28/h5-14,17-19H,15-16,20H2,1-4H3,(H,32,35). The largest absolute Gasteiger partial charge is 0.490 e. The van der Waals surface area contributed by atoms with E-state index in [0.29, 0.717) is 30.2 Å². The van der Waals surface area contributed by atoms with Gasteiger partial charge in [-0.2, -0.15) is 0 Å². The molecule has 1 amide bonds. The van der Waals surface area contributed by atoms with Crippen molar-refractivity contribution in [1.82, 2.24) is 0 Å². The Labute approximate surface area is 217 Å². The van der Waals surface area contributed by atoms with Crippen LogP contribution in [0.3, 0.4) is 0 Å². The average molecular weight is 497 g/mol. The third kappa shape index (κ3) is 6.67. The van der Waals surface area contributed by atoms with Crippen molar-refractivity contribution in [2.24, 2.45) is 0 Å². The summed E-state index contributed by atoms with van der Waals surface area (Å²) in [6.07, 6.45) is 0. The average Bonchev–Trinajstić information content (AvgIpc) is 2.88. The summed E-state index contributed by atoms with van der Waals surface area (Å²) in [5, 5.41) is 4.97. The number of anilines is 2. The van der Waals surface area contributed by atoms with Crippen LogP contribution < -0.4 is 19.7 Å². The van der Waals surface area contributed by atoms with E-state index in [2.05, 4.69) is 5.32 Å². The fourth-order valence-corrected chi connectivity index (χ4v) is 4.05. The van der Waals surface area contributed by atoms with Crippen LogP contribution >= 0.6 is 0 Å². The minimum atomic E-state index is -0.132. The van der Waals surface area contributed by atoms with Crippen LogP contribution in [0, 0.1) is 13.8 Å². The summed E-state index contributed by atoms with van der Waals surface area (Å²) >= 11 is 0. The van der Waals surface area contributed by atoms with Crippen LogP contribution in [0.1, 0.15) is 28.4 Å². The number of aryl methyl sites for hydroxylation is 2. The van der Waals surface area contributed by atoms with Gasteiger partial charge in [-0.25, -0.2) is 0 Å². The first-order chi connectivity index (χ1) is 17.8. The first-order valence-corrected chi connectivity index (χ1v) is 12.3. The van der Waals surface area contributed by atoms with Crippen molar-refractivity contribution >= 4 is 33.8 Å². The molecule has 0 aliphatic heterocycles. The van der Waals surface area contributed by atoms with Gasteiger partial charge >= 0.3 is 0 Å². The smallest absolute Gasteiger partial charge is 0.243 e. The second kappa shape index (κ2) is 11.6. The van der Waals surface area contributed by atoms with E-state index in [9.17, 15) is 9.59 Å². The molecule has 190 valence electrons. The van der Waals surface area contributed by atoms with Crippen molar-refractivity contribution in [3.8, 4) is 11.5 Å². The number of benzene rings is 4. The number of Topliss-reactive ketones (excluding diaryl/α,β-unsaturated/α-hetero) is 1. The lowest BCUT2D eigenvalue weighted by atomic mass is 10.0. The molecule has 0 aliphatic rings. The maximum Gasteiger partial charge on any atom is 0.243 e. The molecule has 0 fully saturated rings. The lowest BCUT2D eigenvalue weighted by Crippen LogP contribution is -2.30. The van der Waals surface area contributed by atoms with Crippen molar-refractivity contribution in [1.29, 1.82) is 0 Å². The van der Waals surface area contributed by atoms with Crippen LogP contribution in [0.2, 0.25) is 0 Å². The predicted octanol–water partition coefficient (Wildman–Crippen LogP) is 6.19. The van der Waals surface area contributed by atoms with Gasteiger partial charge in [0.2, 0.25) is 5.91 Å². The summed E-state index contributed by atoms with van der Waals surface area (Å²) in [5.41, 5.74) is 4.34. The Morgan fingerprint density at radius 2 is 1.46 bits per heavy atom. The molecule has 0 aliphatic carbocycles. The van der Waals surface area contributed by atoms with Gasteiger partial charge in [0.05, 0.1) is 6.54 Å². The lowest BCUT2D eigenvalue weighted by Gasteiger charge is -2.20. The third-order valence-electron chi connectivity index (χ3n) is 6.22. The Morgan fingerprint density at radius 3 is 2.22 bits per heavy atom. The van der Waals surface area contributed by atoms with Crippen LogP contribution in [-0.4, -0.2) is 38.5 Å². The summed E-state index contributed by atoms with van der Waals surface area (Å²) in [5.74, 6) is 1.46. The van der Waals surface area contributed by atoms with Crippen molar-refractivity contribution < 1.29 is 19.1 Å². The zero-order chi connectivity index (χ0) is 26.4. The number of likely N-dealkylation sites (N-methyl/N-ethyl adjacent to an activating group) is 1. The molecule has 0 bridgehead atoms. The van der Waals surface area contributed by atoms with Gasteiger partial charge in [0.25, 0.3) is 0 Å². The van der Waals surface area contributed by atoms with E-state index in [0.717, 1.165) is 33.3 Å². The molecule has 0 heterocycles. The molecule has 0 saturated heterocycles. The highest BCUT2D eigenvalue weighted by Crippen LogP contribution is 2.25. The molecule has 0 spiro atoms. The molecule has 37 heavy (non-hydrogen) atoms. The SMILES string of the molecule is CC(=O)c1ccc2cc(N(C)CC(=O)Nc3ccc(C)c(OCCOc4ccccc4C)c3)ccc2c1. The minimum Gasteiger partial charge on any atom is -0.490 e. The quantitative estimate of drug-likeness (QED) is 0.209. The number of nitrogens with zero attached hydrogens (tertiary/aromatic N) is 1. The second-order valence-electron chi connectivity index (χ2n) is 9.15. The topological polar surface area (TPSA) is 67.9 Å². The van der Waals surface area contributed by atoms with Crippen molar-refractivity contribution in [2.75, 3.05) is 37.0 Å². The lowest BCUT2D eigenvalue weighted by molar-refractivity contribution is -0.114. The number of carbonyl (C=O) groups excluding carboxylic acids is 2. The van der Waals surface area contributed by atoms with E-state index in [1.165, 1.54) is 0 Å². The number of hydrogen-bond acceptors (Lipinski definition) is 5. The molecule has 0 radical (unpaired) electrons. The number of carbonyl (C=O) groups is 2. The van der Waals surface area contributed by atoms with E-state index in [4.69, 9.17) is 9.47 Å². The Bertz CT molecular complexity index is 1430. The summed E-state index contributed by atoms with van der Waals surface area (Å²) < 4.78 is 11.7. The summed E-state index contributed by atoms with van der Waals surface area (Å²) in [7, 11) is 1.88. The van der Waals surface area contributed by atoms with Crippen molar-refractivity contribution in [3.05, 3.63) is 95.6 Å². The molecule has 6 nitrogen and oxygen atoms in total. The number of ether oxygens (including phenoxy) is 2. The number of para-hydroxylation sites is 1. The molecule has 4 aromatic carbocycles. The molecule has 4 rings (SSSR count). The molecular formula is C31H32N2O4. The van der Waals surface area contributed by atoms with Crippen LogP contribution in [0.15, 0.2) is 78.9 Å². The van der Waals surface area contributed by atoms with Crippen LogP contribution in [0.25, 0.3) is 10.8 Å². The normalized spacial score (nSPS) is 10.7. The van der Waals surface area contributed by atoms with E-state index in [1.807, 2.05) is 105 Å². The highest BCUT2D eigenvalue weighted by atomic mass is 16.5. The van der Waals surface area contributed by atoms with Gasteiger partial charge in [0.1, 0.15) is 24.7 Å². The number of hydrogen-bond donors (Lipinski definition) is 1. The summed E-state index contributed by atoms with van der Waals surface area (Å²) in [6, 6.07) is 25.1. The van der Waals surface area contributed by atoms with Crippen LogP contribution in [0.4, 0.5) is 11.4 Å². The highest BCUT2D eigenvalue weighted by molar-refractivity contribution is 5.99. The van der Waals surface area contributed by atoms with E-state index in [1.54, 1.807) is 6.92 Å². The first-order valence-electron chi connectivity index (χ1n) is 12.3. The third-order valence-corrected chi connectivity index (χ3v) is 6.22. The molecule has 1 N–H and O–H groups in total. The molecule has 0 atom stereocenters. The molecule has 0 saturated carbocycles. The molecule has 4 aromatic rings. The Kier molecular flexibility index (Phi) is 8.08. The van der Waals surface area contributed by atoms with Crippen molar-refractivity contribution in [2.45, 2.75) is 20.8 Å². The van der Waals surface area contributed by atoms with E-state index < -0.39 is 0 Å². The fraction of sp³-hybridized carbons (Fsp3) is 0.226. The van der Waals surface area contributed by atoms with Gasteiger partial charge in [0, 0.05) is 30.1 Å². The van der Waals surface area contributed by atoms with Gasteiger partial charge in [-0.05, 0) is 73.0 Å². The first kappa shape index (κ1) is 25.8. The zero-order valence-corrected chi connectivity index (χ0v) is 21.7.